The maximum absolute atomic E-state index is 11.3. The van der Waals surface area contributed by atoms with Crippen LogP contribution in [0.25, 0.3) is 0 Å². The molecule has 0 aliphatic heterocycles. The van der Waals surface area contributed by atoms with Gasteiger partial charge in [0.25, 0.3) is 0 Å². The van der Waals surface area contributed by atoms with Crippen LogP contribution in [0.4, 0.5) is 0 Å². The highest BCUT2D eigenvalue weighted by Gasteiger charge is 2.20. The first kappa shape index (κ1) is 13.1. The molecule has 2 atom stereocenters. The summed E-state index contributed by atoms with van der Waals surface area (Å²) in [5.41, 5.74) is 2.75. The number of hydrogen-bond acceptors (Lipinski definition) is 2. The predicted octanol–water partition coefficient (Wildman–Crippen LogP) is 2.17. The molecule has 0 aromatic heterocycles. The maximum Gasteiger partial charge on any atom is 0.0408 e. The Morgan fingerprint density at radius 1 is 1.41 bits per heavy atom. The lowest BCUT2D eigenvalue weighted by atomic mass is 10.1. The van der Waals surface area contributed by atoms with Crippen LogP contribution in [0.15, 0.2) is 18.2 Å². The third kappa shape index (κ3) is 3.54. The minimum Gasteiger partial charge on any atom is -0.312 e. The van der Waals surface area contributed by atoms with E-state index in [4.69, 9.17) is 11.6 Å². The second-order valence-electron chi connectivity index (χ2n) is 4.40. The lowest BCUT2D eigenvalue weighted by Gasteiger charge is -2.10. The van der Waals surface area contributed by atoms with Gasteiger partial charge in [-0.1, -0.05) is 24.6 Å². The number of fused-ring (bicyclic) bond motifs is 1. The summed E-state index contributed by atoms with van der Waals surface area (Å²) in [5.74, 6) is 1.51. The van der Waals surface area contributed by atoms with E-state index in [2.05, 4.69) is 17.4 Å². The third-order valence-electron chi connectivity index (χ3n) is 3.19. The van der Waals surface area contributed by atoms with Crippen molar-refractivity contribution in [3.63, 3.8) is 0 Å². The van der Waals surface area contributed by atoms with E-state index in [-0.39, 0.29) is 0 Å². The summed E-state index contributed by atoms with van der Waals surface area (Å²) in [6.45, 7) is 2.80. The molecule has 94 valence electrons. The standard InChI is InChI=1S/C13H18ClNOS/c1-2-17(16)6-5-15-13-8-10-3-4-12(14)7-11(10)9-13/h3-4,7,13,15H,2,5-6,8-9H2,1H3. The van der Waals surface area contributed by atoms with Gasteiger partial charge in [0.15, 0.2) is 0 Å². The van der Waals surface area contributed by atoms with Crippen molar-refractivity contribution in [3.05, 3.63) is 34.3 Å². The van der Waals surface area contributed by atoms with Crippen molar-refractivity contribution >= 4 is 22.4 Å². The molecule has 0 radical (unpaired) electrons. The summed E-state index contributed by atoms with van der Waals surface area (Å²) in [6.07, 6.45) is 2.10. The predicted molar refractivity (Wildman–Crippen MR) is 74.2 cm³/mol. The van der Waals surface area contributed by atoms with Crippen LogP contribution in [-0.4, -0.2) is 28.3 Å². The van der Waals surface area contributed by atoms with Crippen molar-refractivity contribution < 1.29 is 4.21 Å². The number of halogens is 1. The van der Waals surface area contributed by atoms with E-state index < -0.39 is 10.8 Å². The first-order chi connectivity index (χ1) is 8.19. The van der Waals surface area contributed by atoms with E-state index in [1.807, 2.05) is 13.0 Å². The fourth-order valence-electron chi connectivity index (χ4n) is 2.25. The molecular weight excluding hydrogens is 254 g/mol. The second-order valence-corrected chi connectivity index (χ2v) is 6.71. The molecule has 2 nitrogen and oxygen atoms in total. The third-order valence-corrected chi connectivity index (χ3v) is 4.72. The van der Waals surface area contributed by atoms with Crippen molar-refractivity contribution in [2.24, 2.45) is 0 Å². The van der Waals surface area contributed by atoms with Crippen LogP contribution in [0.5, 0.6) is 0 Å². The van der Waals surface area contributed by atoms with Crippen LogP contribution < -0.4 is 5.32 Å². The highest BCUT2D eigenvalue weighted by atomic mass is 35.5. The van der Waals surface area contributed by atoms with E-state index in [1.165, 1.54) is 11.1 Å². The summed E-state index contributed by atoms with van der Waals surface area (Å²) in [7, 11) is -0.665. The number of nitrogens with one attached hydrogen (secondary N) is 1. The van der Waals surface area contributed by atoms with Gasteiger partial charge >= 0.3 is 0 Å². The van der Waals surface area contributed by atoms with Crippen LogP contribution in [0.3, 0.4) is 0 Å². The van der Waals surface area contributed by atoms with Gasteiger partial charge in [-0.25, -0.2) is 0 Å². The summed E-state index contributed by atoms with van der Waals surface area (Å²) in [5, 5.41) is 4.29. The number of benzene rings is 1. The van der Waals surface area contributed by atoms with Gasteiger partial charge in [0.1, 0.15) is 0 Å². The minimum atomic E-state index is -0.665. The molecular formula is C13H18ClNOS. The van der Waals surface area contributed by atoms with Crippen molar-refractivity contribution in [1.82, 2.24) is 5.32 Å². The zero-order chi connectivity index (χ0) is 12.3. The summed E-state index contributed by atoms with van der Waals surface area (Å²) < 4.78 is 11.3. The Balaban J connectivity index is 1.82. The van der Waals surface area contributed by atoms with E-state index in [1.54, 1.807) is 0 Å². The molecule has 0 bridgehead atoms. The average Bonchev–Trinajstić information content (AvgIpc) is 2.70. The number of hydrogen-bond donors (Lipinski definition) is 1. The molecule has 17 heavy (non-hydrogen) atoms. The first-order valence-electron chi connectivity index (χ1n) is 6.04. The van der Waals surface area contributed by atoms with E-state index in [9.17, 15) is 4.21 Å². The zero-order valence-corrected chi connectivity index (χ0v) is 11.6. The second kappa shape index (κ2) is 5.98. The van der Waals surface area contributed by atoms with Gasteiger partial charge in [-0.15, -0.1) is 0 Å². The highest BCUT2D eigenvalue weighted by molar-refractivity contribution is 7.84. The summed E-state index contributed by atoms with van der Waals surface area (Å²) in [6, 6.07) is 6.61. The molecule has 4 heteroatoms. The quantitative estimate of drug-likeness (QED) is 0.889. The highest BCUT2D eigenvalue weighted by Crippen LogP contribution is 2.25. The maximum atomic E-state index is 11.3. The Labute approximate surface area is 110 Å². The fraction of sp³-hybridized carbons (Fsp3) is 0.538. The van der Waals surface area contributed by atoms with Crippen LogP contribution >= 0.6 is 11.6 Å². The smallest absolute Gasteiger partial charge is 0.0408 e. The molecule has 0 saturated heterocycles. The van der Waals surface area contributed by atoms with E-state index in [0.717, 1.165) is 35.9 Å². The van der Waals surface area contributed by atoms with Crippen LogP contribution in [-0.2, 0) is 23.6 Å². The molecule has 0 spiro atoms. The molecule has 0 saturated carbocycles. The van der Waals surface area contributed by atoms with Crippen molar-refractivity contribution in [3.8, 4) is 0 Å². The molecule has 1 aromatic carbocycles. The molecule has 0 heterocycles. The SMILES string of the molecule is CCS(=O)CCNC1Cc2ccc(Cl)cc2C1. The van der Waals surface area contributed by atoms with Gasteiger partial charge in [0.05, 0.1) is 0 Å². The minimum absolute atomic E-state index is 0.484. The van der Waals surface area contributed by atoms with Crippen LogP contribution in [0.1, 0.15) is 18.1 Å². The lowest BCUT2D eigenvalue weighted by molar-refractivity contribution is 0.552. The normalized spacial score (nSPS) is 20.2. The van der Waals surface area contributed by atoms with Crippen LogP contribution in [0, 0.1) is 0 Å². The van der Waals surface area contributed by atoms with Gasteiger partial charge < -0.3 is 5.32 Å². The monoisotopic (exact) mass is 271 g/mol. The van der Waals surface area contributed by atoms with E-state index >= 15 is 0 Å². The summed E-state index contributed by atoms with van der Waals surface area (Å²) in [4.78, 5) is 0. The van der Waals surface area contributed by atoms with Crippen molar-refractivity contribution in [1.29, 1.82) is 0 Å². The van der Waals surface area contributed by atoms with Crippen molar-refractivity contribution in [2.45, 2.75) is 25.8 Å². The molecule has 0 amide bonds. The van der Waals surface area contributed by atoms with Gasteiger partial charge in [0, 0.05) is 39.9 Å². The van der Waals surface area contributed by atoms with Crippen molar-refractivity contribution in [2.75, 3.05) is 18.1 Å². The van der Waals surface area contributed by atoms with Gasteiger partial charge in [-0.05, 0) is 36.1 Å². The molecule has 0 fully saturated rings. The van der Waals surface area contributed by atoms with Gasteiger partial charge in [-0.2, -0.15) is 0 Å². The molecule has 1 aromatic rings. The molecule has 2 rings (SSSR count). The first-order valence-corrected chi connectivity index (χ1v) is 7.91. The number of rotatable bonds is 5. The lowest BCUT2D eigenvalue weighted by Crippen LogP contribution is -2.32. The molecule has 1 aliphatic rings. The Kier molecular flexibility index (Phi) is 4.60. The molecule has 2 unspecified atom stereocenters. The summed E-state index contributed by atoms with van der Waals surface area (Å²) >= 11 is 5.98. The largest absolute Gasteiger partial charge is 0.312 e. The Morgan fingerprint density at radius 2 is 2.18 bits per heavy atom. The zero-order valence-electron chi connectivity index (χ0n) is 10.0. The van der Waals surface area contributed by atoms with Gasteiger partial charge in [-0.3, -0.25) is 4.21 Å². The fourth-order valence-corrected chi connectivity index (χ4v) is 3.08. The Hall–Kier alpha value is -0.380. The Bertz CT molecular complexity index is 422. The average molecular weight is 272 g/mol. The molecule has 1 aliphatic carbocycles. The van der Waals surface area contributed by atoms with Gasteiger partial charge in [0.2, 0.25) is 0 Å². The Morgan fingerprint density at radius 3 is 2.94 bits per heavy atom. The van der Waals surface area contributed by atoms with Crippen LogP contribution in [0.2, 0.25) is 5.02 Å². The molecule has 1 N–H and O–H groups in total. The van der Waals surface area contributed by atoms with E-state index in [0.29, 0.717) is 6.04 Å². The topological polar surface area (TPSA) is 29.1 Å².